The van der Waals surface area contributed by atoms with E-state index in [0.29, 0.717) is 26.2 Å². The summed E-state index contributed by atoms with van der Waals surface area (Å²) in [6.07, 6.45) is -0.241. The molecule has 0 aromatic heterocycles. The van der Waals surface area contributed by atoms with Crippen LogP contribution in [0.25, 0.3) is 0 Å². The fourth-order valence-electron chi connectivity index (χ4n) is 2.05. The van der Waals surface area contributed by atoms with E-state index >= 15 is 0 Å². The first kappa shape index (κ1) is 15.9. The van der Waals surface area contributed by atoms with Gasteiger partial charge in [-0.2, -0.15) is 0 Å². The summed E-state index contributed by atoms with van der Waals surface area (Å²) in [7, 11) is 1.74. The van der Waals surface area contributed by atoms with Crippen molar-refractivity contribution in [1.29, 1.82) is 0 Å². The first-order chi connectivity index (χ1) is 8.70. The molecule has 0 spiro atoms. The van der Waals surface area contributed by atoms with Gasteiger partial charge in [0, 0.05) is 6.54 Å². The fourth-order valence-corrected chi connectivity index (χ4v) is 2.05. The van der Waals surface area contributed by atoms with Crippen LogP contribution >= 0.6 is 12.4 Å². The summed E-state index contributed by atoms with van der Waals surface area (Å²) >= 11 is 0. The largest absolute Gasteiger partial charge is 0.370 e. The van der Waals surface area contributed by atoms with Gasteiger partial charge < -0.3 is 15.0 Å². The molecule has 1 aliphatic heterocycles. The normalized spacial score (nSPS) is 18.8. The summed E-state index contributed by atoms with van der Waals surface area (Å²) in [6, 6.07) is 6.33. The van der Waals surface area contributed by atoms with E-state index in [0.717, 1.165) is 5.56 Å². The minimum atomic E-state index is -0.283. The lowest BCUT2D eigenvalue weighted by atomic mass is 10.1. The number of hydrogen-bond acceptors (Lipinski definition) is 3. The van der Waals surface area contributed by atoms with E-state index in [4.69, 9.17) is 4.74 Å². The molecule has 1 atom stereocenters. The van der Waals surface area contributed by atoms with Crippen LogP contribution in [0.3, 0.4) is 0 Å². The predicted octanol–water partition coefficient (Wildman–Crippen LogP) is 1.37. The highest BCUT2D eigenvalue weighted by atomic mass is 35.5. The smallest absolute Gasteiger partial charge is 0.236 e. The number of rotatable bonds is 3. The summed E-state index contributed by atoms with van der Waals surface area (Å²) in [5.74, 6) is -0.239. The number of nitrogens with zero attached hydrogens (tertiary/aromatic N) is 1. The Labute approximate surface area is 118 Å². The van der Waals surface area contributed by atoms with Crippen molar-refractivity contribution in [3.8, 4) is 0 Å². The van der Waals surface area contributed by atoms with E-state index in [1.807, 2.05) is 6.07 Å². The molecule has 1 aromatic rings. The van der Waals surface area contributed by atoms with Gasteiger partial charge in [0.25, 0.3) is 0 Å². The number of hydrogen-bond donors (Lipinski definition) is 1. The highest BCUT2D eigenvalue weighted by Gasteiger charge is 2.24. The minimum absolute atomic E-state index is 0. The SMILES string of the molecule is CNCC(=O)N1CCOC(c2cccc(F)c2)C1.Cl. The maximum atomic E-state index is 13.2. The second-order valence-electron chi connectivity index (χ2n) is 4.28. The molecule has 1 saturated heterocycles. The van der Waals surface area contributed by atoms with Crippen LogP contribution in [0.4, 0.5) is 4.39 Å². The van der Waals surface area contributed by atoms with Gasteiger partial charge in [0.15, 0.2) is 0 Å². The molecule has 1 unspecified atom stereocenters. The number of halogens is 2. The zero-order valence-corrected chi connectivity index (χ0v) is 11.6. The fraction of sp³-hybridized carbons (Fsp3) is 0.462. The second-order valence-corrected chi connectivity index (χ2v) is 4.28. The summed E-state index contributed by atoms with van der Waals surface area (Å²) in [5.41, 5.74) is 0.775. The number of nitrogens with one attached hydrogen (secondary N) is 1. The molecule has 106 valence electrons. The Morgan fingerprint density at radius 1 is 1.58 bits per heavy atom. The number of morpholine rings is 1. The lowest BCUT2D eigenvalue weighted by Gasteiger charge is -2.33. The molecule has 1 aliphatic rings. The first-order valence-corrected chi connectivity index (χ1v) is 6.00. The van der Waals surface area contributed by atoms with Crippen molar-refractivity contribution in [3.05, 3.63) is 35.6 Å². The van der Waals surface area contributed by atoms with Crippen molar-refractivity contribution in [3.63, 3.8) is 0 Å². The molecule has 4 nitrogen and oxygen atoms in total. The first-order valence-electron chi connectivity index (χ1n) is 6.00. The topological polar surface area (TPSA) is 41.6 Å². The lowest BCUT2D eigenvalue weighted by molar-refractivity contribution is -0.137. The second kappa shape index (κ2) is 7.43. The van der Waals surface area contributed by atoms with Crippen LogP contribution in [0, 0.1) is 5.82 Å². The molecule has 0 radical (unpaired) electrons. The summed E-state index contributed by atoms with van der Waals surface area (Å²) < 4.78 is 18.7. The average molecular weight is 289 g/mol. The number of carbonyl (C=O) groups is 1. The lowest BCUT2D eigenvalue weighted by Crippen LogP contribution is -2.45. The van der Waals surface area contributed by atoms with E-state index in [2.05, 4.69) is 5.32 Å². The third kappa shape index (κ3) is 4.16. The number of benzene rings is 1. The van der Waals surface area contributed by atoms with Crippen molar-refractivity contribution in [2.75, 3.05) is 33.3 Å². The van der Waals surface area contributed by atoms with Gasteiger partial charge in [0.1, 0.15) is 11.9 Å². The Bertz CT molecular complexity index is 431. The van der Waals surface area contributed by atoms with E-state index < -0.39 is 0 Å². The van der Waals surface area contributed by atoms with Crippen molar-refractivity contribution in [2.45, 2.75) is 6.10 Å². The van der Waals surface area contributed by atoms with E-state index in [-0.39, 0.29) is 30.2 Å². The molecule has 2 rings (SSSR count). The monoisotopic (exact) mass is 288 g/mol. The molecular formula is C13H18ClFN2O2. The number of likely N-dealkylation sites (N-methyl/N-ethyl adjacent to an activating group) is 1. The van der Waals surface area contributed by atoms with Crippen LogP contribution in [-0.2, 0) is 9.53 Å². The zero-order valence-electron chi connectivity index (χ0n) is 10.8. The molecule has 1 N–H and O–H groups in total. The number of amides is 1. The van der Waals surface area contributed by atoms with Gasteiger partial charge in [0.05, 0.1) is 19.7 Å². The van der Waals surface area contributed by atoms with Crippen molar-refractivity contribution < 1.29 is 13.9 Å². The van der Waals surface area contributed by atoms with Gasteiger partial charge in [-0.25, -0.2) is 4.39 Å². The highest BCUT2D eigenvalue weighted by molar-refractivity contribution is 5.85. The maximum absolute atomic E-state index is 13.2. The molecule has 6 heteroatoms. The maximum Gasteiger partial charge on any atom is 0.236 e. The molecular weight excluding hydrogens is 271 g/mol. The van der Waals surface area contributed by atoms with E-state index in [1.165, 1.54) is 12.1 Å². The van der Waals surface area contributed by atoms with Crippen LogP contribution in [0.2, 0.25) is 0 Å². The molecule has 0 bridgehead atoms. The standard InChI is InChI=1S/C13H17FN2O2.ClH/c1-15-8-13(17)16-5-6-18-12(9-16)10-3-2-4-11(14)7-10;/h2-4,7,12,15H,5-6,8-9H2,1H3;1H. The highest BCUT2D eigenvalue weighted by Crippen LogP contribution is 2.22. The van der Waals surface area contributed by atoms with Crippen molar-refractivity contribution in [2.24, 2.45) is 0 Å². The van der Waals surface area contributed by atoms with Gasteiger partial charge >= 0.3 is 0 Å². The molecule has 1 heterocycles. The van der Waals surface area contributed by atoms with Gasteiger partial charge in [0.2, 0.25) is 5.91 Å². The Morgan fingerprint density at radius 2 is 2.37 bits per heavy atom. The molecule has 19 heavy (non-hydrogen) atoms. The Balaban J connectivity index is 0.00000180. The third-order valence-electron chi connectivity index (χ3n) is 2.97. The Morgan fingerprint density at radius 3 is 3.05 bits per heavy atom. The van der Waals surface area contributed by atoms with Gasteiger partial charge in [-0.1, -0.05) is 12.1 Å². The molecule has 0 saturated carbocycles. The molecule has 1 amide bonds. The molecule has 1 fully saturated rings. The molecule has 1 aromatic carbocycles. The predicted molar refractivity (Wildman–Crippen MR) is 72.8 cm³/mol. The van der Waals surface area contributed by atoms with Crippen LogP contribution in [0.5, 0.6) is 0 Å². The quantitative estimate of drug-likeness (QED) is 0.913. The Hall–Kier alpha value is -1.17. The van der Waals surface area contributed by atoms with Crippen LogP contribution < -0.4 is 5.32 Å². The molecule has 0 aliphatic carbocycles. The third-order valence-corrected chi connectivity index (χ3v) is 2.97. The van der Waals surface area contributed by atoms with Crippen LogP contribution in [0.15, 0.2) is 24.3 Å². The van der Waals surface area contributed by atoms with Crippen LogP contribution in [-0.4, -0.2) is 44.1 Å². The van der Waals surface area contributed by atoms with Crippen molar-refractivity contribution >= 4 is 18.3 Å². The average Bonchev–Trinajstić information content (AvgIpc) is 2.39. The number of carbonyl (C=O) groups excluding carboxylic acids is 1. The summed E-state index contributed by atoms with van der Waals surface area (Å²) in [5, 5.41) is 2.84. The van der Waals surface area contributed by atoms with E-state index in [1.54, 1.807) is 18.0 Å². The van der Waals surface area contributed by atoms with E-state index in [9.17, 15) is 9.18 Å². The summed E-state index contributed by atoms with van der Waals surface area (Å²) in [6.45, 7) is 1.86. The van der Waals surface area contributed by atoms with Gasteiger partial charge in [-0.3, -0.25) is 4.79 Å². The zero-order chi connectivity index (χ0) is 13.0. The number of ether oxygens (including phenoxy) is 1. The van der Waals surface area contributed by atoms with Crippen molar-refractivity contribution in [1.82, 2.24) is 10.2 Å². The summed E-state index contributed by atoms with van der Waals surface area (Å²) in [4.78, 5) is 13.5. The minimum Gasteiger partial charge on any atom is -0.370 e. The van der Waals surface area contributed by atoms with Gasteiger partial charge in [-0.15, -0.1) is 12.4 Å². The Kier molecular flexibility index (Phi) is 6.21. The van der Waals surface area contributed by atoms with Gasteiger partial charge in [-0.05, 0) is 24.7 Å². The van der Waals surface area contributed by atoms with Crippen LogP contribution in [0.1, 0.15) is 11.7 Å².